The first-order valence-corrected chi connectivity index (χ1v) is 9.26. The van der Waals surface area contributed by atoms with Crippen LogP contribution in [-0.2, 0) is 14.9 Å². The molecule has 3 rings (SSSR count). The first kappa shape index (κ1) is 19.3. The average molecular weight is 352 g/mol. The van der Waals surface area contributed by atoms with Crippen molar-refractivity contribution in [1.29, 1.82) is 0 Å². The molecule has 1 aliphatic heterocycles. The zero-order chi connectivity index (χ0) is 16.0. The van der Waals surface area contributed by atoms with Crippen LogP contribution >= 0.6 is 12.4 Å². The fourth-order valence-electron chi connectivity index (χ4n) is 4.11. The molecule has 1 aliphatic carbocycles. The third-order valence-electron chi connectivity index (χ3n) is 5.51. The van der Waals surface area contributed by atoms with E-state index in [9.17, 15) is 4.79 Å². The Kier molecular flexibility index (Phi) is 7.57. The Hall–Kier alpha value is -1.06. The maximum absolute atomic E-state index is 12.9. The Morgan fingerprint density at radius 2 is 1.58 bits per heavy atom. The molecule has 0 bridgehead atoms. The molecule has 0 spiro atoms. The summed E-state index contributed by atoms with van der Waals surface area (Å²) in [7, 11) is 0. The molecule has 1 saturated carbocycles. The van der Waals surface area contributed by atoms with Crippen LogP contribution in [0.4, 0.5) is 0 Å². The van der Waals surface area contributed by atoms with Gasteiger partial charge in [0.2, 0.25) is 0 Å². The molecule has 24 heavy (non-hydrogen) atoms. The number of halogens is 1. The van der Waals surface area contributed by atoms with Gasteiger partial charge in [-0.2, -0.15) is 0 Å². The van der Waals surface area contributed by atoms with Gasteiger partial charge < -0.3 is 4.74 Å². The lowest BCUT2D eigenvalue weighted by Crippen LogP contribution is -2.41. The van der Waals surface area contributed by atoms with E-state index < -0.39 is 5.41 Å². The van der Waals surface area contributed by atoms with E-state index >= 15 is 0 Å². The molecule has 1 aromatic carbocycles. The number of nitrogens with zero attached hydrogens (tertiary/aromatic N) is 1. The number of benzene rings is 1. The van der Waals surface area contributed by atoms with Crippen molar-refractivity contribution >= 4 is 18.4 Å². The molecule has 3 nitrogen and oxygen atoms in total. The van der Waals surface area contributed by atoms with Crippen molar-refractivity contribution in [2.45, 2.75) is 56.8 Å². The second-order valence-electron chi connectivity index (χ2n) is 7.05. The summed E-state index contributed by atoms with van der Waals surface area (Å²) in [6.07, 6.45) is 9.23. The summed E-state index contributed by atoms with van der Waals surface area (Å²) in [6.45, 7) is 3.73. The van der Waals surface area contributed by atoms with Crippen molar-refractivity contribution < 1.29 is 9.53 Å². The number of carbonyl (C=O) groups excluding carboxylic acids is 1. The number of rotatable bonds is 5. The molecule has 0 atom stereocenters. The summed E-state index contributed by atoms with van der Waals surface area (Å²) in [5.74, 6) is 0.000379. The lowest BCUT2D eigenvalue weighted by Gasteiger charge is -2.35. The Bertz CT molecular complexity index is 494. The molecule has 1 saturated heterocycles. The van der Waals surface area contributed by atoms with Gasteiger partial charge in [-0.1, -0.05) is 56.0 Å². The predicted molar refractivity (Wildman–Crippen MR) is 99.7 cm³/mol. The van der Waals surface area contributed by atoms with Crippen LogP contribution in [0, 0.1) is 0 Å². The number of ether oxygens (including phenoxy) is 1. The van der Waals surface area contributed by atoms with Crippen LogP contribution in [0.1, 0.15) is 56.9 Å². The molecular weight excluding hydrogens is 322 g/mol. The quantitative estimate of drug-likeness (QED) is 0.739. The largest absolute Gasteiger partial charge is 0.464 e. The van der Waals surface area contributed by atoms with Gasteiger partial charge in [0.05, 0.1) is 5.41 Å². The molecule has 0 unspecified atom stereocenters. The van der Waals surface area contributed by atoms with Crippen LogP contribution in [0.15, 0.2) is 30.3 Å². The number of hydrogen-bond donors (Lipinski definition) is 0. The Balaban J connectivity index is 0.00000208. The van der Waals surface area contributed by atoms with Crippen LogP contribution in [0.25, 0.3) is 0 Å². The van der Waals surface area contributed by atoms with E-state index in [-0.39, 0.29) is 18.4 Å². The van der Waals surface area contributed by atoms with E-state index in [1.54, 1.807) is 0 Å². The summed E-state index contributed by atoms with van der Waals surface area (Å²) >= 11 is 0. The van der Waals surface area contributed by atoms with Gasteiger partial charge in [0.1, 0.15) is 6.61 Å². The van der Waals surface area contributed by atoms with Crippen molar-refractivity contribution in [2.24, 2.45) is 0 Å². The van der Waals surface area contributed by atoms with Gasteiger partial charge in [-0.15, -0.1) is 12.4 Å². The van der Waals surface area contributed by atoms with E-state index in [4.69, 9.17) is 4.74 Å². The highest BCUT2D eigenvalue weighted by Crippen LogP contribution is 2.40. The third kappa shape index (κ3) is 4.52. The molecule has 0 radical (unpaired) electrons. The molecular formula is C20H30ClNO2. The number of piperidine rings is 1. The summed E-state index contributed by atoms with van der Waals surface area (Å²) in [5.41, 5.74) is 0.740. The van der Waals surface area contributed by atoms with Gasteiger partial charge in [-0.05, 0) is 44.3 Å². The van der Waals surface area contributed by atoms with Gasteiger partial charge in [0.15, 0.2) is 0 Å². The molecule has 0 amide bonds. The lowest BCUT2D eigenvalue weighted by atomic mass is 9.69. The maximum atomic E-state index is 12.9. The summed E-state index contributed by atoms with van der Waals surface area (Å²) in [5, 5.41) is 0. The SMILES string of the molecule is Cl.O=C(OCCN1CCCCC1)C1(c2ccccc2)CCCCC1. The molecule has 4 heteroatoms. The monoisotopic (exact) mass is 351 g/mol. The van der Waals surface area contributed by atoms with Crippen LogP contribution in [0.5, 0.6) is 0 Å². The minimum Gasteiger partial charge on any atom is -0.464 e. The second kappa shape index (κ2) is 9.43. The van der Waals surface area contributed by atoms with Crippen molar-refractivity contribution in [3.05, 3.63) is 35.9 Å². The minimum atomic E-state index is -0.401. The normalized spacial score (nSPS) is 20.8. The van der Waals surface area contributed by atoms with Gasteiger partial charge in [-0.25, -0.2) is 0 Å². The van der Waals surface area contributed by atoms with E-state index in [1.807, 2.05) is 18.2 Å². The molecule has 0 N–H and O–H groups in total. The highest BCUT2D eigenvalue weighted by Gasteiger charge is 2.42. The fraction of sp³-hybridized carbons (Fsp3) is 0.650. The van der Waals surface area contributed by atoms with Crippen molar-refractivity contribution in [3.63, 3.8) is 0 Å². The van der Waals surface area contributed by atoms with Crippen LogP contribution < -0.4 is 0 Å². The predicted octanol–water partition coefficient (Wildman–Crippen LogP) is 4.34. The lowest BCUT2D eigenvalue weighted by molar-refractivity contribution is -0.152. The first-order valence-electron chi connectivity index (χ1n) is 9.26. The summed E-state index contributed by atoms with van der Waals surface area (Å²) in [6, 6.07) is 10.3. The van der Waals surface area contributed by atoms with Crippen LogP contribution in [-0.4, -0.2) is 37.1 Å². The van der Waals surface area contributed by atoms with Gasteiger partial charge >= 0.3 is 5.97 Å². The summed E-state index contributed by atoms with van der Waals surface area (Å²) < 4.78 is 5.76. The molecule has 2 fully saturated rings. The van der Waals surface area contributed by atoms with Gasteiger partial charge in [-0.3, -0.25) is 9.69 Å². The zero-order valence-corrected chi connectivity index (χ0v) is 15.4. The summed E-state index contributed by atoms with van der Waals surface area (Å²) in [4.78, 5) is 15.3. The standard InChI is InChI=1S/C20H29NO2.ClH/c22-19(23-17-16-21-14-8-3-9-15-21)20(12-6-2-7-13-20)18-10-4-1-5-11-18;/h1,4-5,10-11H,2-3,6-9,12-17H2;1H. The zero-order valence-electron chi connectivity index (χ0n) is 14.5. The van der Waals surface area contributed by atoms with Crippen molar-refractivity contribution in [1.82, 2.24) is 4.90 Å². The second-order valence-corrected chi connectivity index (χ2v) is 7.05. The molecule has 2 aliphatic rings. The number of esters is 1. The van der Waals surface area contributed by atoms with E-state index in [0.717, 1.165) is 50.9 Å². The number of likely N-dealkylation sites (tertiary alicyclic amines) is 1. The highest BCUT2D eigenvalue weighted by molar-refractivity contribution is 5.85. The van der Waals surface area contributed by atoms with Crippen LogP contribution in [0.2, 0.25) is 0 Å². The van der Waals surface area contributed by atoms with E-state index in [1.165, 1.54) is 25.7 Å². The highest BCUT2D eigenvalue weighted by atomic mass is 35.5. The smallest absolute Gasteiger partial charge is 0.316 e. The first-order chi connectivity index (χ1) is 11.3. The van der Waals surface area contributed by atoms with Gasteiger partial charge in [0.25, 0.3) is 0 Å². The van der Waals surface area contributed by atoms with Crippen molar-refractivity contribution in [2.75, 3.05) is 26.2 Å². The minimum absolute atomic E-state index is 0. The fourth-order valence-corrected chi connectivity index (χ4v) is 4.11. The molecule has 1 heterocycles. The molecule has 134 valence electrons. The van der Waals surface area contributed by atoms with Gasteiger partial charge in [0, 0.05) is 6.54 Å². The maximum Gasteiger partial charge on any atom is 0.316 e. The van der Waals surface area contributed by atoms with Crippen molar-refractivity contribution in [3.8, 4) is 0 Å². The molecule has 0 aromatic heterocycles. The topological polar surface area (TPSA) is 29.5 Å². The Morgan fingerprint density at radius 3 is 2.25 bits per heavy atom. The Labute approximate surface area is 152 Å². The number of carbonyl (C=O) groups is 1. The Morgan fingerprint density at radius 1 is 0.958 bits per heavy atom. The molecule has 1 aromatic rings. The number of hydrogen-bond acceptors (Lipinski definition) is 3. The average Bonchev–Trinajstić information content (AvgIpc) is 2.64. The van der Waals surface area contributed by atoms with Crippen LogP contribution in [0.3, 0.4) is 0 Å². The van der Waals surface area contributed by atoms with E-state index in [0.29, 0.717) is 6.61 Å². The third-order valence-corrected chi connectivity index (χ3v) is 5.51. The van der Waals surface area contributed by atoms with E-state index in [2.05, 4.69) is 17.0 Å².